The Bertz CT molecular complexity index is 394. The van der Waals surface area contributed by atoms with Crippen molar-refractivity contribution in [2.45, 2.75) is 38.5 Å². The van der Waals surface area contributed by atoms with Gasteiger partial charge in [-0.3, -0.25) is 4.79 Å². The third-order valence-corrected chi connectivity index (χ3v) is 3.72. The Kier molecular flexibility index (Phi) is 5.52. The van der Waals surface area contributed by atoms with Gasteiger partial charge >= 0.3 is 0 Å². The van der Waals surface area contributed by atoms with Gasteiger partial charge in [0.15, 0.2) is 5.78 Å². The Balaban J connectivity index is 1.64. The average Bonchev–Trinajstić information content (AvgIpc) is 2.45. The largest absolute Gasteiger partial charge is 0.381 e. The molecule has 1 aliphatic carbocycles. The third kappa shape index (κ3) is 4.75. The van der Waals surface area contributed by atoms with Crippen LogP contribution in [0.2, 0.25) is 0 Å². The number of ether oxygens (including phenoxy) is 1. The van der Waals surface area contributed by atoms with E-state index in [1.807, 2.05) is 0 Å². The number of rotatable bonds is 6. The molecule has 2 rings (SSSR count). The van der Waals surface area contributed by atoms with E-state index in [1.165, 1.54) is 56.4 Å². The van der Waals surface area contributed by atoms with E-state index in [-0.39, 0.29) is 11.6 Å². The lowest BCUT2D eigenvalue weighted by Crippen LogP contribution is -2.15. The Morgan fingerprint density at radius 1 is 1.16 bits per heavy atom. The van der Waals surface area contributed by atoms with E-state index in [0.717, 1.165) is 6.61 Å². The molecule has 1 aromatic carbocycles. The first-order chi connectivity index (χ1) is 9.25. The summed E-state index contributed by atoms with van der Waals surface area (Å²) in [6.07, 6.45) is 6.85. The van der Waals surface area contributed by atoms with Crippen molar-refractivity contribution in [3.63, 3.8) is 0 Å². The van der Waals surface area contributed by atoms with Gasteiger partial charge in [-0.05, 0) is 43.0 Å². The summed E-state index contributed by atoms with van der Waals surface area (Å²) >= 11 is 0. The molecule has 104 valence electrons. The van der Waals surface area contributed by atoms with Gasteiger partial charge < -0.3 is 4.74 Å². The lowest BCUT2D eigenvalue weighted by molar-refractivity contribution is 0.0725. The molecule has 1 aliphatic rings. The summed E-state index contributed by atoms with van der Waals surface area (Å²) in [6.45, 7) is 1.24. The summed E-state index contributed by atoms with van der Waals surface area (Å²) < 4.78 is 18.3. The summed E-state index contributed by atoms with van der Waals surface area (Å²) in [5.41, 5.74) is 0.558. The van der Waals surface area contributed by atoms with Gasteiger partial charge in [0.05, 0.1) is 6.61 Å². The van der Waals surface area contributed by atoms with E-state index < -0.39 is 0 Å². The molecule has 0 saturated heterocycles. The summed E-state index contributed by atoms with van der Waals surface area (Å²) in [5.74, 6) is 0.378. The topological polar surface area (TPSA) is 26.3 Å². The molecule has 2 nitrogen and oxygen atoms in total. The second kappa shape index (κ2) is 7.39. The van der Waals surface area contributed by atoms with Crippen LogP contribution in [0.15, 0.2) is 24.3 Å². The molecule has 0 bridgehead atoms. The minimum Gasteiger partial charge on any atom is -0.381 e. The van der Waals surface area contributed by atoms with Crippen LogP contribution >= 0.6 is 0 Å². The number of ketones is 1. The lowest BCUT2D eigenvalue weighted by Gasteiger charge is -2.21. The molecule has 3 heteroatoms. The van der Waals surface area contributed by atoms with Crippen molar-refractivity contribution < 1.29 is 13.9 Å². The van der Waals surface area contributed by atoms with Crippen molar-refractivity contribution in [2.75, 3.05) is 13.2 Å². The second-order valence-electron chi connectivity index (χ2n) is 5.26. The number of Topliss-reactive ketones (excluding diaryl/α,β-unsaturated/α-hetero) is 1. The van der Waals surface area contributed by atoms with Crippen molar-refractivity contribution in [2.24, 2.45) is 5.92 Å². The molecule has 0 radical (unpaired) electrons. The van der Waals surface area contributed by atoms with Crippen molar-refractivity contribution in [1.82, 2.24) is 0 Å². The first-order valence-electron chi connectivity index (χ1n) is 7.12. The first-order valence-corrected chi connectivity index (χ1v) is 7.12. The average molecular weight is 264 g/mol. The highest BCUT2D eigenvalue weighted by Crippen LogP contribution is 2.23. The molecule has 0 spiro atoms. The number of carbonyl (C=O) groups is 1. The third-order valence-electron chi connectivity index (χ3n) is 3.72. The fraction of sp³-hybridized carbons (Fsp3) is 0.562. The molecule has 0 heterocycles. The molecule has 0 aliphatic heterocycles. The lowest BCUT2D eigenvalue weighted by atomic mass is 9.90. The maximum atomic E-state index is 12.7. The molecule has 1 saturated carbocycles. The molecule has 19 heavy (non-hydrogen) atoms. The van der Waals surface area contributed by atoms with Gasteiger partial charge in [0.1, 0.15) is 5.82 Å². The van der Waals surface area contributed by atoms with E-state index in [0.29, 0.717) is 24.5 Å². The zero-order valence-electron chi connectivity index (χ0n) is 11.2. The quantitative estimate of drug-likeness (QED) is 0.573. The molecular weight excluding hydrogens is 243 g/mol. The number of halogens is 1. The normalized spacial score (nSPS) is 16.5. The Morgan fingerprint density at radius 2 is 1.84 bits per heavy atom. The van der Waals surface area contributed by atoms with Crippen LogP contribution in [-0.4, -0.2) is 19.0 Å². The van der Waals surface area contributed by atoms with Crippen molar-refractivity contribution >= 4 is 5.78 Å². The van der Waals surface area contributed by atoms with Gasteiger partial charge in [0.2, 0.25) is 0 Å². The van der Waals surface area contributed by atoms with E-state index >= 15 is 0 Å². The molecule has 0 aromatic heterocycles. The molecule has 0 unspecified atom stereocenters. The van der Waals surface area contributed by atoms with Crippen LogP contribution in [0.1, 0.15) is 48.9 Å². The Morgan fingerprint density at radius 3 is 2.53 bits per heavy atom. The van der Waals surface area contributed by atoms with Crippen LogP contribution in [0.3, 0.4) is 0 Å². The highest BCUT2D eigenvalue weighted by Gasteiger charge is 2.13. The van der Waals surface area contributed by atoms with E-state index in [1.54, 1.807) is 0 Å². The fourth-order valence-electron chi connectivity index (χ4n) is 2.55. The predicted octanol–water partition coefficient (Wildman–Crippen LogP) is 4.00. The molecule has 0 N–H and O–H groups in total. The Hall–Kier alpha value is -1.22. The molecule has 0 atom stereocenters. The highest BCUT2D eigenvalue weighted by molar-refractivity contribution is 5.96. The van der Waals surface area contributed by atoms with Gasteiger partial charge in [-0.1, -0.05) is 19.3 Å². The van der Waals surface area contributed by atoms with Gasteiger partial charge in [0.25, 0.3) is 0 Å². The van der Waals surface area contributed by atoms with Crippen molar-refractivity contribution in [1.29, 1.82) is 0 Å². The molecular formula is C16H21FO2. The van der Waals surface area contributed by atoms with Crippen molar-refractivity contribution in [3.05, 3.63) is 35.6 Å². The van der Waals surface area contributed by atoms with E-state index in [9.17, 15) is 9.18 Å². The van der Waals surface area contributed by atoms with Crippen LogP contribution in [0.5, 0.6) is 0 Å². The highest BCUT2D eigenvalue weighted by atomic mass is 19.1. The van der Waals surface area contributed by atoms with Crippen molar-refractivity contribution in [3.8, 4) is 0 Å². The standard InChI is InChI=1S/C16H21FO2/c17-15-8-6-14(7-9-15)16(18)10-11-19-12-13-4-2-1-3-5-13/h6-9,13H,1-5,10-12H2. The zero-order valence-corrected chi connectivity index (χ0v) is 11.2. The molecule has 1 aromatic rings. The van der Waals surface area contributed by atoms with Gasteiger partial charge in [-0.2, -0.15) is 0 Å². The number of hydrogen-bond donors (Lipinski definition) is 0. The summed E-state index contributed by atoms with van der Waals surface area (Å²) in [5, 5.41) is 0. The monoisotopic (exact) mass is 264 g/mol. The minimum absolute atomic E-state index is 0.0173. The zero-order chi connectivity index (χ0) is 13.5. The first kappa shape index (κ1) is 14.2. The van der Waals surface area contributed by atoms with Crippen LogP contribution in [0, 0.1) is 11.7 Å². The SMILES string of the molecule is O=C(CCOCC1CCCCC1)c1ccc(F)cc1. The maximum Gasteiger partial charge on any atom is 0.165 e. The van der Waals surface area contributed by atoms with Gasteiger partial charge in [0, 0.05) is 18.6 Å². The maximum absolute atomic E-state index is 12.7. The summed E-state index contributed by atoms with van der Waals surface area (Å²) in [7, 11) is 0. The number of hydrogen-bond acceptors (Lipinski definition) is 2. The predicted molar refractivity (Wildman–Crippen MR) is 72.7 cm³/mol. The van der Waals surface area contributed by atoms with Crippen LogP contribution < -0.4 is 0 Å². The van der Waals surface area contributed by atoms with Gasteiger partial charge in [-0.25, -0.2) is 4.39 Å². The smallest absolute Gasteiger partial charge is 0.165 e. The Labute approximate surface area is 114 Å². The number of benzene rings is 1. The second-order valence-corrected chi connectivity index (χ2v) is 5.26. The van der Waals surface area contributed by atoms with Crippen LogP contribution in [-0.2, 0) is 4.74 Å². The van der Waals surface area contributed by atoms with E-state index in [2.05, 4.69) is 0 Å². The van der Waals surface area contributed by atoms with Crippen LogP contribution in [0.25, 0.3) is 0 Å². The summed E-state index contributed by atoms with van der Waals surface area (Å²) in [6, 6.07) is 5.68. The number of carbonyl (C=O) groups excluding carboxylic acids is 1. The van der Waals surface area contributed by atoms with Gasteiger partial charge in [-0.15, -0.1) is 0 Å². The van der Waals surface area contributed by atoms with Crippen LogP contribution in [0.4, 0.5) is 4.39 Å². The molecule has 0 amide bonds. The fourth-order valence-corrected chi connectivity index (χ4v) is 2.55. The molecule has 1 fully saturated rings. The summed E-state index contributed by atoms with van der Waals surface area (Å²) in [4.78, 5) is 11.8. The minimum atomic E-state index is -0.315. The van der Waals surface area contributed by atoms with E-state index in [4.69, 9.17) is 4.74 Å².